The van der Waals surface area contributed by atoms with E-state index in [2.05, 4.69) is 29.1 Å². The van der Waals surface area contributed by atoms with E-state index in [1.807, 2.05) is 37.6 Å². The second kappa shape index (κ2) is 12.7. The number of thiophene rings is 1. The molecule has 0 aliphatic rings. The molecular weight excluding hydrogens is 634 g/mol. The van der Waals surface area contributed by atoms with Crippen LogP contribution < -0.4 is 10.0 Å². The second-order valence-electron chi connectivity index (χ2n) is 11.9. The Balaban J connectivity index is 1.53. The van der Waals surface area contributed by atoms with E-state index < -0.39 is 44.0 Å². The van der Waals surface area contributed by atoms with E-state index in [9.17, 15) is 22.0 Å². The SMILES string of the molecule is CC(C)c1ccc(C(=O)Nc2nccc(-c3sc(C(C)(C)C)cc3-c3cccc(NS(=O)(=O)c4c(F)cccc4F)c3F)n2)cc1. The zero-order valence-electron chi connectivity index (χ0n) is 25.7. The van der Waals surface area contributed by atoms with Gasteiger partial charge in [-0.15, -0.1) is 11.3 Å². The Labute approximate surface area is 269 Å². The van der Waals surface area contributed by atoms with Gasteiger partial charge in [-0.25, -0.2) is 31.6 Å². The summed E-state index contributed by atoms with van der Waals surface area (Å²) in [6, 6.07) is 17.4. The minimum atomic E-state index is -4.82. The monoisotopic (exact) mass is 664 g/mol. The first-order valence-corrected chi connectivity index (χ1v) is 16.6. The number of nitrogens with one attached hydrogen (secondary N) is 2. The summed E-state index contributed by atoms with van der Waals surface area (Å²) in [5.74, 6) is -3.60. The molecule has 1 amide bonds. The molecule has 0 atom stereocenters. The van der Waals surface area contributed by atoms with Gasteiger partial charge in [0.15, 0.2) is 10.7 Å². The van der Waals surface area contributed by atoms with Gasteiger partial charge in [-0.2, -0.15) is 0 Å². The smallest absolute Gasteiger partial charge is 0.267 e. The van der Waals surface area contributed by atoms with Crippen LogP contribution in [0.25, 0.3) is 21.7 Å². The molecule has 7 nitrogen and oxygen atoms in total. The topological polar surface area (TPSA) is 101 Å². The highest BCUT2D eigenvalue weighted by Gasteiger charge is 2.28. The summed E-state index contributed by atoms with van der Waals surface area (Å²) >= 11 is 1.36. The highest BCUT2D eigenvalue weighted by molar-refractivity contribution is 7.92. The van der Waals surface area contributed by atoms with Gasteiger partial charge in [-0.1, -0.05) is 65.0 Å². The molecule has 2 heterocycles. The molecule has 3 aromatic carbocycles. The lowest BCUT2D eigenvalue weighted by Crippen LogP contribution is -2.17. The van der Waals surface area contributed by atoms with Crippen LogP contribution in [-0.2, 0) is 15.4 Å². The van der Waals surface area contributed by atoms with E-state index in [4.69, 9.17) is 0 Å². The Morgan fingerprint density at radius 2 is 1.54 bits per heavy atom. The van der Waals surface area contributed by atoms with Crippen LogP contribution in [0.4, 0.5) is 24.8 Å². The van der Waals surface area contributed by atoms with Crippen molar-refractivity contribution in [3.63, 3.8) is 0 Å². The lowest BCUT2D eigenvalue weighted by atomic mass is 9.93. The molecule has 0 fully saturated rings. The second-order valence-corrected chi connectivity index (χ2v) is 14.6. The van der Waals surface area contributed by atoms with Gasteiger partial charge in [0, 0.05) is 27.8 Å². The fraction of sp³-hybridized carbons (Fsp3) is 0.206. The number of nitrogens with zero attached hydrogens (tertiary/aromatic N) is 2. The van der Waals surface area contributed by atoms with Crippen LogP contribution in [0.5, 0.6) is 0 Å². The number of carbonyl (C=O) groups excluding carboxylic acids is 1. The van der Waals surface area contributed by atoms with Crippen LogP contribution in [0.2, 0.25) is 0 Å². The number of rotatable bonds is 8. The highest BCUT2D eigenvalue weighted by atomic mass is 32.2. The molecule has 5 aromatic rings. The summed E-state index contributed by atoms with van der Waals surface area (Å²) in [6.45, 7) is 10.1. The van der Waals surface area contributed by atoms with E-state index >= 15 is 4.39 Å². The first kappa shape index (κ1) is 32.8. The third-order valence-corrected chi connectivity index (χ3v) is 10.1. The van der Waals surface area contributed by atoms with Crippen molar-refractivity contribution in [1.82, 2.24) is 9.97 Å². The van der Waals surface area contributed by atoms with E-state index in [0.717, 1.165) is 34.7 Å². The lowest BCUT2D eigenvalue weighted by molar-refractivity contribution is 0.102. The van der Waals surface area contributed by atoms with Crippen molar-refractivity contribution < 1.29 is 26.4 Å². The number of benzene rings is 3. The first-order chi connectivity index (χ1) is 21.7. The van der Waals surface area contributed by atoms with Gasteiger partial charge in [0.05, 0.1) is 16.3 Å². The van der Waals surface area contributed by atoms with Crippen LogP contribution in [0.15, 0.2) is 83.9 Å². The number of hydrogen-bond donors (Lipinski definition) is 2. The third kappa shape index (κ3) is 6.82. The largest absolute Gasteiger partial charge is 0.290 e. The lowest BCUT2D eigenvalue weighted by Gasteiger charge is -2.15. The number of sulfonamides is 1. The summed E-state index contributed by atoms with van der Waals surface area (Å²) in [4.78, 5) is 21.9. The first-order valence-electron chi connectivity index (χ1n) is 14.3. The third-order valence-electron chi connectivity index (χ3n) is 7.15. The van der Waals surface area contributed by atoms with E-state index in [0.29, 0.717) is 27.6 Å². The molecule has 0 saturated heterocycles. The Hall–Kier alpha value is -4.55. The van der Waals surface area contributed by atoms with E-state index in [1.54, 1.807) is 24.3 Å². The van der Waals surface area contributed by atoms with Crippen LogP contribution in [-0.4, -0.2) is 24.3 Å². The van der Waals surface area contributed by atoms with Gasteiger partial charge in [-0.05, 0) is 59.4 Å². The zero-order valence-corrected chi connectivity index (χ0v) is 27.3. The minimum absolute atomic E-state index is 0.0328. The predicted molar refractivity (Wildman–Crippen MR) is 175 cm³/mol. The number of hydrogen-bond acceptors (Lipinski definition) is 6. The number of halogens is 3. The van der Waals surface area contributed by atoms with Crippen molar-refractivity contribution in [3.8, 4) is 21.7 Å². The normalized spacial score (nSPS) is 11.9. The quantitative estimate of drug-likeness (QED) is 0.173. The molecule has 46 heavy (non-hydrogen) atoms. The molecule has 0 radical (unpaired) electrons. The van der Waals surface area contributed by atoms with Crippen LogP contribution in [0.1, 0.15) is 61.3 Å². The van der Waals surface area contributed by atoms with Gasteiger partial charge in [0.1, 0.15) is 11.6 Å². The number of anilines is 2. The van der Waals surface area contributed by atoms with Crippen LogP contribution >= 0.6 is 11.3 Å². The Kier molecular flexibility index (Phi) is 9.05. The molecule has 2 aromatic heterocycles. The fourth-order valence-electron chi connectivity index (χ4n) is 4.64. The summed E-state index contributed by atoms with van der Waals surface area (Å²) in [6.07, 6.45) is 1.48. The fourth-order valence-corrected chi connectivity index (χ4v) is 7.04. The average Bonchev–Trinajstić information content (AvgIpc) is 3.44. The zero-order chi connectivity index (χ0) is 33.4. The number of aromatic nitrogens is 2. The van der Waals surface area contributed by atoms with Crippen molar-refractivity contribution in [2.24, 2.45) is 0 Å². The molecule has 5 rings (SSSR count). The van der Waals surface area contributed by atoms with Gasteiger partial charge in [0.25, 0.3) is 15.9 Å². The maximum atomic E-state index is 16.1. The van der Waals surface area contributed by atoms with Gasteiger partial charge in [0.2, 0.25) is 5.95 Å². The van der Waals surface area contributed by atoms with Gasteiger partial charge < -0.3 is 0 Å². The Morgan fingerprint density at radius 3 is 2.17 bits per heavy atom. The molecule has 0 aliphatic heterocycles. The molecule has 0 spiro atoms. The summed E-state index contributed by atoms with van der Waals surface area (Å²) < 4.78 is 72.6. The van der Waals surface area contributed by atoms with Crippen molar-refractivity contribution in [2.45, 2.75) is 50.8 Å². The van der Waals surface area contributed by atoms with Gasteiger partial charge in [-0.3, -0.25) is 14.8 Å². The standard InChI is InChI=1S/C34H31F3N4O3S2/c1-19(2)20-12-14-21(15-13-20)32(42)40-33-38-17-16-27(39-33)30-23(18-28(45-30)34(3,4)5)22-8-6-11-26(29(22)37)41-46(43,44)31-24(35)9-7-10-25(31)36/h6-19,41H,1-5H3,(H,38,39,40,42). The summed E-state index contributed by atoms with van der Waals surface area (Å²) in [5, 5.41) is 2.72. The number of carbonyl (C=O) groups is 1. The summed E-state index contributed by atoms with van der Waals surface area (Å²) in [5.41, 5.74) is 1.53. The average molecular weight is 665 g/mol. The minimum Gasteiger partial charge on any atom is -0.290 e. The van der Waals surface area contributed by atoms with Crippen molar-refractivity contribution in [2.75, 3.05) is 10.0 Å². The molecule has 0 unspecified atom stereocenters. The van der Waals surface area contributed by atoms with Crippen molar-refractivity contribution >= 4 is 38.9 Å². The maximum absolute atomic E-state index is 16.1. The molecular formula is C34H31F3N4O3S2. The van der Waals surface area contributed by atoms with E-state index in [-0.39, 0.29) is 16.9 Å². The predicted octanol–water partition coefficient (Wildman–Crippen LogP) is 8.76. The molecule has 2 N–H and O–H groups in total. The van der Waals surface area contributed by atoms with E-state index in [1.165, 1.54) is 29.7 Å². The molecule has 0 saturated carbocycles. The summed E-state index contributed by atoms with van der Waals surface area (Å²) in [7, 11) is -4.82. The van der Waals surface area contributed by atoms with Crippen LogP contribution in [0.3, 0.4) is 0 Å². The number of amides is 1. The maximum Gasteiger partial charge on any atom is 0.267 e. The highest BCUT2D eigenvalue weighted by Crippen LogP contribution is 2.44. The Morgan fingerprint density at radius 1 is 0.891 bits per heavy atom. The van der Waals surface area contributed by atoms with Crippen LogP contribution in [0, 0.1) is 17.5 Å². The molecule has 0 aliphatic carbocycles. The molecule has 238 valence electrons. The molecule has 0 bridgehead atoms. The van der Waals surface area contributed by atoms with Crippen molar-refractivity contribution in [3.05, 3.63) is 112 Å². The Bertz CT molecular complexity index is 2020. The van der Waals surface area contributed by atoms with Gasteiger partial charge >= 0.3 is 0 Å². The molecule has 12 heteroatoms. The van der Waals surface area contributed by atoms with Crippen molar-refractivity contribution in [1.29, 1.82) is 0 Å².